The Morgan fingerprint density at radius 2 is 2.22 bits per heavy atom. The molecule has 18 heavy (non-hydrogen) atoms. The first-order chi connectivity index (χ1) is 8.47. The summed E-state index contributed by atoms with van der Waals surface area (Å²) in [5.41, 5.74) is 2.98. The molecule has 1 saturated heterocycles. The van der Waals surface area contributed by atoms with Crippen LogP contribution in [0.15, 0.2) is 24.8 Å². The fraction of sp³-hybridized carbons (Fsp3) is 0.357. The molecule has 2 atom stereocenters. The molecule has 0 saturated carbocycles. The molecule has 0 bridgehead atoms. The summed E-state index contributed by atoms with van der Waals surface area (Å²) < 4.78 is 0. The lowest BCUT2D eigenvalue weighted by Gasteiger charge is -2.13. The Balaban J connectivity index is 2.24. The molecule has 1 aromatic rings. The third-order valence-electron chi connectivity index (χ3n) is 3.30. The van der Waals surface area contributed by atoms with Gasteiger partial charge in [0.1, 0.15) is 0 Å². The van der Waals surface area contributed by atoms with Gasteiger partial charge < -0.3 is 10.4 Å². The van der Waals surface area contributed by atoms with E-state index >= 15 is 0 Å². The smallest absolute Gasteiger partial charge is 0.307 e. The Kier molecular flexibility index (Phi) is 3.73. The largest absolute Gasteiger partial charge is 0.481 e. The van der Waals surface area contributed by atoms with Crippen molar-refractivity contribution in [1.29, 1.82) is 0 Å². The number of allylic oxidation sites excluding steroid dienone is 1. The fourth-order valence-corrected chi connectivity index (χ4v) is 2.48. The van der Waals surface area contributed by atoms with E-state index < -0.39 is 5.97 Å². The molecule has 0 amide bonds. The van der Waals surface area contributed by atoms with Gasteiger partial charge in [0.05, 0.1) is 5.92 Å². The van der Waals surface area contributed by atoms with Gasteiger partial charge in [-0.25, -0.2) is 0 Å². The quantitative estimate of drug-likeness (QED) is 0.883. The molecule has 1 fully saturated rings. The lowest BCUT2D eigenvalue weighted by Crippen LogP contribution is -2.17. The SMILES string of the molecule is C=C(C)c1cc(Cl)cc(C2CC(C(=O)O)CN2)c1. The van der Waals surface area contributed by atoms with E-state index in [0.717, 1.165) is 16.7 Å². The van der Waals surface area contributed by atoms with Crippen LogP contribution in [-0.4, -0.2) is 17.6 Å². The van der Waals surface area contributed by atoms with Crippen LogP contribution < -0.4 is 5.32 Å². The molecule has 2 unspecified atom stereocenters. The van der Waals surface area contributed by atoms with Gasteiger partial charge in [-0.1, -0.05) is 23.8 Å². The van der Waals surface area contributed by atoms with Crippen LogP contribution >= 0.6 is 11.6 Å². The monoisotopic (exact) mass is 265 g/mol. The van der Waals surface area contributed by atoms with Crippen molar-refractivity contribution in [1.82, 2.24) is 5.32 Å². The topological polar surface area (TPSA) is 49.3 Å². The number of hydrogen-bond acceptors (Lipinski definition) is 2. The molecule has 1 heterocycles. The maximum atomic E-state index is 10.9. The average Bonchev–Trinajstić information content (AvgIpc) is 2.77. The zero-order valence-corrected chi connectivity index (χ0v) is 11.0. The average molecular weight is 266 g/mol. The summed E-state index contributed by atoms with van der Waals surface area (Å²) in [6.07, 6.45) is 0.602. The highest BCUT2D eigenvalue weighted by Crippen LogP contribution is 2.31. The van der Waals surface area contributed by atoms with Crippen LogP contribution in [0.25, 0.3) is 5.57 Å². The number of rotatable bonds is 3. The minimum Gasteiger partial charge on any atom is -0.481 e. The summed E-state index contributed by atoms with van der Waals surface area (Å²) >= 11 is 6.09. The van der Waals surface area contributed by atoms with Crippen molar-refractivity contribution in [2.24, 2.45) is 5.92 Å². The third-order valence-corrected chi connectivity index (χ3v) is 3.51. The number of benzene rings is 1. The van der Waals surface area contributed by atoms with E-state index in [1.807, 2.05) is 25.1 Å². The first-order valence-electron chi connectivity index (χ1n) is 5.90. The molecule has 0 spiro atoms. The van der Waals surface area contributed by atoms with E-state index in [4.69, 9.17) is 16.7 Å². The van der Waals surface area contributed by atoms with Crippen LogP contribution in [0, 0.1) is 5.92 Å². The highest BCUT2D eigenvalue weighted by atomic mass is 35.5. The maximum Gasteiger partial charge on any atom is 0.307 e. The molecule has 96 valence electrons. The summed E-state index contributed by atoms with van der Waals surface area (Å²) in [6.45, 7) is 6.34. The van der Waals surface area contributed by atoms with Crippen LogP contribution in [0.5, 0.6) is 0 Å². The zero-order valence-electron chi connectivity index (χ0n) is 10.2. The van der Waals surface area contributed by atoms with Gasteiger partial charge in [0.2, 0.25) is 0 Å². The molecule has 0 radical (unpaired) electrons. The summed E-state index contributed by atoms with van der Waals surface area (Å²) in [5.74, 6) is -1.06. The number of carboxylic acid groups (broad SMARTS) is 1. The lowest BCUT2D eigenvalue weighted by atomic mass is 9.97. The molecule has 2 N–H and O–H groups in total. The van der Waals surface area contributed by atoms with Gasteiger partial charge in [-0.05, 0) is 42.7 Å². The number of aliphatic carboxylic acids is 1. The lowest BCUT2D eigenvalue weighted by molar-refractivity contribution is -0.141. The van der Waals surface area contributed by atoms with Gasteiger partial charge in [-0.3, -0.25) is 4.79 Å². The van der Waals surface area contributed by atoms with Gasteiger partial charge in [0.15, 0.2) is 0 Å². The van der Waals surface area contributed by atoms with Crippen molar-refractivity contribution in [2.45, 2.75) is 19.4 Å². The normalized spacial score (nSPS) is 23.0. The second-order valence-corrected chi connectivity index (χ2v) is 5.22. The fourth-order valence-electron chi connectivity index (χ4n) is 2.24. The molecule has 1 aliphatic rings. The molecule has 3 nitrogen and oxygen atoms in total. The molecule has 0 aliphatic carbocycles. The van der Waals surface area contributed by atoms with Crippen molar-refractivity contribution in [3.8, 4) is 0 Å². The minimum atomic E-state index is -0.743. The number of nitrogens with one attached hydrogen (secondary N) is 1. The number of halogens is 1. The van der Waals surface area contributed by atoms with Crippen molar-refractivity contribution in [3.63, 3.8) is 0 Å². The predicted molar refractivity (Wildman–Crippen MR) is 72.6 cm³/mol. The molecular formula is C14H16ClNO2. The van der Waals surface area contributed by atoms with E-state index in [9.17, 15) is 4.79 Å². The van der Waals surface area contributed by atoms with E-state index in [2.05, 4.69) is 11.9 Å². The van der Waals surface area contributed by atoms with E-state index in [1.54, 1.807) is 0 Å². The number of hydrogen-bond donors (Lipinski definition) is 2. The second kappa shape index (κ2) is 5.12. The highest BCUT2D eigenvalue weighted by molar-refractivity contribution is 6.30. The van der Waals surface area contributed by atoms with E-state index in [1.165, 1.54) is 0 Å². The van der Waals surface area contributed by atoms with Crippen molar-refractivity contribution >= 4 is 23.1 Å². The van der Waals surface area contributed by atoms with Gasteiger partial charge in [0.25, 0.3) is 0 Å². The Labute approximate surface area is 111 Å². The maximum absolute atomic E-state index is 10.9. The molecule has 4 heteroatoms. The predicted octanol–water partition coefficient (Wildman–Crippen LogP) is 3.11. The first kappa shape index (κ1) is 13.1. The van der Waals surface area contributed by atoms with Crippen LogP contribution in [-0.2, 0) is 4.79 Å². The highest BCUT2D eigenvalue weighted by Gasteiger charge is 2.30. The van der Waals surface area contributed by atoms with Gasteiger partial charge in [-0.15, -0.1) is 0 Å². The zero-order chi connectivity index (χ0) is 13.3. The molecule has 1 aliphatic heterocycles. The Hall–Kier alpha value is -1.32. The number of carbonyl (C=O) groups is 1. The van der Waals surface area contributed by atoms with Crippen LogP contribution in [0.3, 0.4) is 0 Å². The number of carboxylic acids is 1. The standard InChI is InChI=1S/C14H16ClNO2/c1-8(2)9-3-10(5-12(15)4-9)13-6-11(7-16-13)14(17)18/h3-5,11,13,16H,1,6-7H2,2H3,(H,17,18). The minimum absolute atomic E-state index is 0.0582. The second-order valence-electron chi connectivity index (χ2n) is 4.79. The molecule has 1 aromatic carbocycles. The first-order valence-corrected chi connectivity index (χ1v) is 6.27. The summed E-state index contributed by atoms with van der Waals surface area (Å²) in [6, 6.07) is 5.84. The Bertz CT molecular complexity index is 499. The molecular weight excluding hydrogens is 250 g/mol. The van der Waals surface area contributed by atoms with Crippen LogP contribution in [0.2, 0.25) is 5.02 Å². The van der Waals surface area contributed by atoms with E-state index in [-0.39, 0.29) is 12.0 Å². The van der Waals surface area contributed by atoms with Gasteiger partial charge >= 0.3 is 5.97 Å². The van der Waals surface area contributed by atoms with Crippen molar-refractivity contribution in [2.75, 3.05) is 6.54 Å². The Morgan fingerprint density at radius 1 is 1.50 bits per heavy atom. The summed E-state index contributed by atoms with van der Waals surface area (Å²) in [7, 11) is 0. The Morgan fingerprint density at radius 3 is 2.78 bits per heavy atom. The summed E-state index contributed by atoms with van der Waals surface area (Å²) in [4.78, 5) is 10.9. The van der Waals surface area contributed by atoms with Crippen molar-refractivity contribution in [3.05, 3.63) is 40.9 Å². The summed E-state index contributed by atoms with van der Waals surface area (Å²) in [5, 5.41) is 12.9. The van der Waals surface area contributed by atoms with Crippen LogP contribution in [0.1, 0.15) is 30.5 Å². The van der Waals surface area contributed by atoms with Gasteiger partial charge in [0, 0.05) is 17.6 Å². The molecule has 2 rings (SSSR count). The van der Waals surface area contributed by atoms with E-state index in [0.29, 0.717) is 18.0 Å². The molecule has 0 aromatic heterocycles. The van der Waals surface area contributed by atoms with Gasteiger partial charge in [-0.2, -0.15) is 0 Å². The van der Waals surface area contributed by atoms with Crippen LogP contribution in [0.4, 0.5) is 0 Å². The van der Waals surface area contributed by atoms with Crippen molar-refractivity contribution < 1.29 is 9.90 Å². The third kappa shape index (κ3) is 2.74.